The van der Waals surface area contributed by atoms with Crippen LogP contribution in [0.5, 0.6) is 11.5 Å². The number of aromatic nitrogens is 2. The monoisotopic (exact) mass is 483 g/mol. The van der Waals surface area contributed by atoms with E-state index in [-0.39, 0.29) is 17.2 Å². The lowest BCUT2D eigenvalue weighted by Gasteiger charge is -2.14. The molecule has 172 valence electrons. The van der Waals surface area contributed by atoms with Gasteiger partial charge in [0.25, 0.3) is 5.56 Å². The first kappa shape index (κ1) is 23.3. The molecule has 0 saturated heterocycles. The molecule has 1 amide bonds. The van der Waals surface area contributed by atoms with Gasteiger partial charge in [0, 0.05) is 17.7 Å². The van der Waals surface area contributed by atoms with Crippen molar-refractivity contribution in [3.05, 3.63) is 70.1 Å². The number of hydrogen-bond acceptors (Lipinski definition) is 7. The number of nitrogens with zero attached hydrogens (tertiary/aromatic N) is 2. The summed E-state index contributed by atoms with van der Waals surface area (Å²) in [6, 6.07) is 15.0. The number of benzene rings is 2. The van der Waals surface area contributed by atoms with Crippen LogP contribution in [0.3, 0.4) is 0 Å². The second-order valence-corrected chi connectivity index (χ2v) is 9.97. The first-order valence-corrected chi connectivity index (χ1v) is 12.3. The largest absolute Gasteiger partial charge is 0.497 e. The van der Waals surface area contributed by atoms with E-state index in [1.165, 1.54) is 18.9 Å². The molecule has 1 N–H and O–H groups in total. The molecule has 9 heteroatoms. The van der Waals surface area contributed by atoms with Crippen molar-refractivity contribution in [1.29, 1.82) is 0 Å². The van der Waals surface area contributed by atoms with Crippen LogP contribution in [0.2, 0.25) is 0 Å². The number of methoxy groups -OCH3 is 2. The minimum absolute atomic E-state index is 0.0436. The van der Waals surface area contributed by atoms with Crippen molar-refractivity contribution in [2.24, 2.45) is 0 Å². The normalized spacial score (nSPS) is 14.6. The zero-order chi connectivity index (χ0) is 23.4. The fourth-order valence-electron chi connectivity index (χ4n) is 3.57. The Morgan fingerprint density at radius 3 is 2.73 bits per heavy atom. The van der Waals surface area contributed by atoms with Gasteiger partial charge in [-0.2, -0.15) is 0 Å². The Labute approximate surface area is 200 Å². The molecule has 7 nitrogen and oxygen atoms in total. The van der Waals surface area contributed by atoms with Crippen molar-refractivity contribution in [1.82, 2.24) is 9.55 Å². The Morgan fingerprint density at radius 1 is 1.21 bits per heavy atom. The summed E-state index contributed by atoms with van der Waals surface area (Å²) >= 11 is 2.84. The molecule has 2 aromatic carbocycles. The molecule has 33 heavy (non-hydrogen) atoms. The van der Waals surface area contributed by atoms with E-state index in [1.807, 2.05) is 30.3 Å². The number of fused-ring (bicyclic) bond motifs is 1. The van der Waals surface area contributed by atoms with E-state index in [9.17, 15) is 9.59 Å². The van der Waals surface area contributed by atoms with E-state index < -0.39 is 0 Å². The van der Waals surface area contributed by atoms with Gasteiger partial charge in [-0.1, -0.05) is 49.0 Å². The summed E-state index contributed by atoms with van der Waals surface area (Å²) in [5.74, 6) is 1.04. The number of carbonyl (C=O) groups is 1. The topological polar surface area (TPSA) is 82.5 Å². The van der Waals surface area contributed by atoms with Crippen molar-refractivity contribution >= 4 is 35.1 Å². The van der Waals surface area contributed by atoms with Crippen molar-refractivity contribution in [3.63, 3.8) is 0 Å². The van der Waals surface area contributed by atoms with Gasteiger partial charge in [0.05, 0.1) is 42.8 Å². The summed E-state index contributed by atoms with van der Waals surface area (Å²) in [5.41, 5.74) is 2.34. The molecule has 0 bridgehead atoms. The smallest absolute Gasteiger partial charge is 0.268 e. The summed E-state index contributed by atoms with van der Waals surface area (Å²) in [4.78, 5) is 31.5. The van der Waals surface area contributed by atoms with Gasteiger partial charge in [-0.3, -0.25) is 14.2 Å². The molecular weight excluding hydrogens is 458 g/mol. The summed E-state index contributed by atoms with van der Waals surface area (Å²) in [7, 11) is 3.11. The van der Waals surface area contributed by atoms with Gasteiger partial charge in [0.15, 0.2) is 5.16 Å². The van der Waals surface area contributed by atoms with Gasteiger partial charge in [0.1, 0.15) is 11.5 Å². The van der Waals surface area contributed by atoms with Crippen LogP contribution in [0.25, 0.3) is 0 Å². The lowest BCUT2D eigenvalue weighted by Crippen LogP contribution is -2.26. The molecule has 1 aromatic heterocycles. The molecule has 0 aliphatic carbocycles. The van der Waals surface area contributed by atoms with Crippen LogP contribution in [0.4, 0.5) is 5.69 Å². The summed E-state index contributed by atoms with van der Waals surface area (Å²) in [5, 5.41) is 3.73. The van der Waals surface area contributed by atoms with Crippen LogP contribution < -0.4 is 20.3 Å². The summed E-state index contributed by atoms with van der Waals surface area (Å²) in [6.07, 6.45) is 0.754. The molecule has 2 heterocycles. The number of amides is 1. The maximum atomic E-state index is 13.3. The second-order valence-electron chi connectivity index (χ2n) is 7.58. The first-order chi connectivity index (χ1) is 16.0. The predicted molar refractivity (Wildman–Crippen MR) is 132 cm³/mol. The highest BCUT2D eigenvalue weighted by molar-refractivity contribution is 8.00. The zero-order valence-electron chi connectivity index (χ0n) is 18.7. The zero-order valence-corrected chi connectivity index (χ0v) is 20.3. The van der Waals surface area contributed by atoms with Crippen LogP contribution in [-0.4, -0.2) is 40.7 Å². The highest BCUT2D eigenvalue weighted by atomic mass is 32.2. The maximum Gasteiger partial charge on any atom is 0.268 e. The van der Waals surface area contributed by atoms with Crippen LogP contribution in [0.1, 0.15) is 18.2 Å². The molecule has 0 radical (unpaired) electrons. The van der Waals surface area contributed by atoms with Crippen LogP contribution in [0, 0.1) is 0 Å². The van der Waals surface area contributed by atoms with Crippen molar-refractivity contribution in [2.75, 3.05) is 25.3 Å². The Balaban J connectivity index is 1.55. The number of rotatable bonds is 8. The summed E-state index contributed by atoms with van der Waals surface area (Å²) < 4.78 is 12.2. The van der Waals surface area contributed by atoms with Crippen molar-refractivity contribution in [3.8, 4) is 11.5 Å². The first-order valence-electron chi connectivity index (χ1n) is 10.5. The molecule has 3 aromatic rings. The fourth-order valence-corrected chi connectivity index (χ4v) is 5.50. The average molecular weight is 484 g/mol. The minimum Gasteiger partial charge on any atom is -0.497 e. The molecule has 0 fully saturated rings. The van der Waals surface area contributed by atoms with E-state index in [0.29, 0.717) is 34.1 Å². The Morgan fingerprint density at radius 2 is 2.00 bits per heavy atom. The second kappa shape index (κ2) is 10.4. The molecule has 0 unspecified atom stereocenters. The molecule has 1 aliphatic rings. The van der Waals surface area contributed by atoms with Gasteiger partial charge < -0.3 is 14.8 Å². The third kappa shape index (κ3) is 5.36. The van der Waals surface area contributed by atoms with Gasteiger partial charge in [-0.05, 0) is 17.7 Å². The third-order valence-electron chi connectivity index (χ3n) is 5.16. The van der Waals surface area contributed by atoms with Crippen LogP contribution >= 0.6 is 23.5 Å². The van der Waals surface area contributed by atoms with Gasteiger partial charge in [-0.15, -0.1) is 11.8 Å². The van der Waals surface area contributed by atoms with Crippen molar-refractivity contribution in [2.45, 2.75) is 35.2 Å². The molecule has 1 atom stereocenters. The molecular formula is C24H25N3O4S2. The summed E-state index contributed by atoms with van der Waals surface area (Å²) in [6.45, 7) is 2.50. The van der Waals surface area contributed by atoms with Gasteiger partial charge >= 0.3 is 0 Å². The quantitative estimate of drug-likeness (QED) is 0.382. The number of thioether (sulfide) groups is 2. The maximum absolute atomic E-state index is 13.3. The SMILES string of the molecule is COc1ccc(NC(=O)CSc2nc3c(c(=O)n2Cc2ccccc2)S[C@@H](C)C3)c(OC)c1. The van der Waals surface area contributed by atoms with Crippen LogP contribution in [-0.2, 0) is 17.8 Å². The Bertz CT molecular complexity index is 1210. The van der Waals surface area contributed by atoms with Gasteiger partial charge in [-0.25, -0.2) is 4.98 Å². The minimum atomic E-state index is -0.216. The number of nitrogens with one attached hydrogen (secondary N) is 1. The third-order valence-corrected chi connectivity index (χ3v) is 7.35. The lowest BCUT2D eigenvalue weighted by molar-refractivity contribution is -0.113. The van der Waals surface area contributed by atoms with E-state index in [4.69, 9.17) is 14.5 Å². The van der Waals surface area contributed by atoms with E-state index in [2.05, 4.69) is 12.2 Å². The lowest BCUT2D eigenvalue weighted by atomic mass is 10.2. The number of carbonyl (C=O) groups excluding carboxylic acids is 1. The van der Waals surface area contributed by atoms with Crippen molar-refractivity contribution < 1.29 is 14.3 Å². The number of hydrogen-bond donors (Lipinski definition) is 1. The highest BCUT2D eigenvalue weighted by Crippen LogP contribution is 2.34. The molecule has 0 spiro atoms. The van der Waals surface area contributed by atoms with E-state index >= 15 is 0 Å². The molecule has 4 rings (SSSR count). The highest BCUT2D eigenvalue weighted by Gasteiger charge is 2.26. The van der Waals surface area contributed by atoms with Gasteiger partial charge in [0.2, 0.25) is 5.91 Å². The van der Waals surface area contributed by atoms with E-state index in [0.717, 1.165) is 22.6 Å². The standard InChI is InChI=1S/C24H25N3O4S2/c1-15-11-19-22(33-15)23(29)27(13-16-7-5-4-6-8-16)24(26-19)32-14-21(28)25-18-10-9-17(30-2)12-20(18)31-3/h4-10,12,15H,11,13-14H2,1-3H3,(H,25,28)/t15-/m0/s1. The van der Waals surface area contributed by atoms with E-state index in [1.54, 1.807) is 41.6 Å². The number of ether oxygens (including phenoxy) is 2. The molecule has 1 aliphatic heterocycles. The Kier molecular flexibility index (Phi) is 7.29. The molecule has 0 saturated carbocycles. The Hall–Kier alpha value is -2.91. The fraction of sp³-hybridized carbons (Fsp3) is 0.292. The number of anilines is 1. The van der Waals surface area contributed by atoms with Crippen LogP contribution in [0.15, 0.2) is 63.4 Å². The predicted octanol–water partition coefficient (Wildman–Crippen LogP) is 4.08. The average Bonchev–Trinajstić information content (AvgIpc) is 3.21.